The number of fused-ring (bicyclic) bond motifs is 1. The molecule has 0 aliphatic carbocycles. The van der Waals surface area contributed by atoms with E-state index in [9.17, 15) is 13.6 Å². The summed E-state index contributed by atoms with van der Waals surface area (Å²) >= 11 is 5.85. The van der Waals surface area contributed by atoms with Crippen molar-refractivity contribution in [2.45, 2.75) is 7.43 Å². The zero-order chi connectivity index (χ0) is 14.3. The molecule has 1 aliphatic rings. The highest BCUT2D eigenvalue weighted by molar-refractivity contribution is 6.36. The fraction of sp³-hybridized carbons (Fsp3) is 0.0625. The first-order chi connectivity index (χ1) is 9.52. The van der Waals surface area contributed by atoms with Gasteiger partial charge in [0.25, 0.3) is 5.91 Å². The van der Waals surface area contributed by atoms with Crippen LogP contribution in [-0.4, -0.2) is 5.91 Å². The molecular formula is C16H12ClF2NO. The number of hydrogen-bond acceptors (Lipinski definition) is 1. The van der Waals surface area contributed by atoms with Crippen molar-refractivity contribution in [3.8, 4) is 0 Å². The molecule has 2 aromatic rings. The lowest BCUT2D eigenvalue weighted by molar-refractivity contribution is -0.110. The van der Waals surface area contributed by atoms with Crippen molar-refractivity contribution < 1.29 is 13.6 Å². The monoisotopic (exact) mass is 307 g/mol. The summed E-state index contributed by atoms with van der Waals surface area (Å²) in [6.07, 6.45) is 1.45. The lowest BCUT2D eigenvalue weighted by atomic mass is 10.0. The van der Waals surface area contributed by atoms with Crippen LogP contribution >= 0.6 is 11.6 Å². The normalized spacial score (nSPS) is 14.6. The number of anilines is 1. The molecule has 3 rings (SSSR count). The minimum absolute atomic E-state index is 0. The molecule has 0 aromatic heterocycles. The summed E-state index contributed by atoms with van der Waals surface area (Å²) in [5.41, 5.74) is 1.88. The van der Waals surface area contributed by atoms with Gasteiger partial charge in [0.1, 0.15) is 11.6 Å². The third kappa shape index (κ3) is 2.95. The molecule has 0 bridgehead atoms. The first-order valence-corrected chi connectivity index (χ1v) is 6.20. The second kappa shape index (κ2) is 5.66. The first kappa shape index (κ1) is 15.2. The second-order valence-electron chi connectivity index (χ2n) is 4.40. The van der Waals surface area contributed by atoms with E-state index in [4.69, 9.17) is 11.6 Å². The summed E-state index contributed by atoms with van der Waals surface area (Å²) in [4.78, 5) is 11.9. The Bertz CT molecular complexity index is 736. The lowest BCUT2D eigenvalue weighted by Gasteiger charge is -2.00. The van der Waals surface area contributed by atoms with Crippen LogP contribution in [0.2, 0.25) is 5.02 Å². The molecule has 0 saturated heterocycles. The minimum atomic E-state index is -0.688. The van der Waals surface area contributed by atoms with Gasteiger partial charge in [0, 0.05) is 22.2 Å². The molecule has 1 aliphatic heterocycles. The number of rotatable bonds is 1. The number of amides is 1. The van der Waals surface area contributed by atoms with Gasteiger partial charge in [-0.1, -0.05) is 25.1 Å². The van der Waals surface area contributed by atoms with E-state index < -0.39 is 11.6 Å². The van der Waals surface area contributed by atoms with E-state index in [2.05, 4.69) is 5.32 Å². The Morgan fingerprint density at radius 3 is 2.38 bits per heavy atom. The summed E-state index contributed by atoms with van der Waals surface area (Å²) in [5.74, 6) is -1.70. The van der Waals surface area contributed by atoms with Crippen molar-refractivity contribution in [2.75, 3.05) is 5.32 Å². The summed E-state index contributed by atoms with van der Waals surface area (Å²) in [7, 11) is 0. The maximum Gasteiger partial charge on any atom is 0.256 e. The highest BCUT2D eigenvalue weighted by Crippen LogP contribution is 2.34. The molecule has 21 heavy (non-hydrogen) atoms. The molecule has 108 valence electrons. The number of nitrogens with one attached hydrogen (secondary N) is 1. The molecule has 5 heteroatoms. The van der Waals surface area contributed by atoms with E-state index in [1.807, 2.05) is 0 Å². The van der Waals surface area contributed by atoms with Crippen molar-refractivity contribution in [2.24, 2.45) is 0 Å². The summed E-state index contributed by atoms with van der Waals surface area (Å²) in [6.45, 7) is 0. The number of benzene rings is 2. The first-order valence-electron chi connectivity index (χ1n) is 5.82. The molecule has 2 aromatic carbocycles. The predicted octanol–water partition coefficient (Wildman–Crippen LogP) is 4.75. The number of halogens is 3. The second-order valence-corrected chi connectivity index (χ2v) is 4.84. The van der Waals surface area contributed by atoms with Gasteiger partial charge < -0.3 is 5.32 Å². The fourth-order valence-corrected chi connectivity index (χ4v) is 2.31. The smallest absolute Gasteiger partial charge is 0.256 e. The Hall–Kier alpha value is -2.20. The van der Waals surface area contributed by atoms with E-state index in [0.717, 1.165) is 18.2 Å². The number of carbonyl (C=O) groups is 1. The zero-order valence-corrected chi connectivity index (χ0v) is 10.8. The summed E-state index contributed by atoms with van der Waals surface area (Å²) in [6, 6.07) is 8.08. The topological polar surface area (TPSA) is 29.1 Å². The van der Waals surface area contributed by atoms with Crippen LogP contribution < -0.4 is 5.32 Å². The largest absolute Gasteiger partial charge is 0.321 e. The van der Waals surface area contributed by atoms with E-state index in [1.165, 1.54) is 6.08 Å². The van der Waals surface area contributed by atoms with Gasteiger partial charge in [-0.25, -0.2) is 8.78 Å². The van der Waals surface area contributed by atoms with E-state index in [-0.39, 0.29) is 18.9 Å². The Morgan fingerprint density at radius 2 is 1.71 bits per heavy atom. The van der Waals surface area contributed by atoms with Gasteiger partial charge in [-0.2, -0.15) is 0 Å². The zero-order valence-electron chi connectivity index (χ0n) is 10.1. The fourth-order valence-electron chi connectivity index (χ4n) is 2.14. The van der Waals surface area contributed by atoms with Crippen LogP contribution in [-0.2, 0) is 4.79 Å². The van der Waals surface area contributed by atoms with Gasteiger partial charge in [-0.15, -0.1) is 0 Å². The molecule has 0 saturated carbocycles. The molecule has 2 nitrogen and oxygen atoms in total. The highest BCUT2D eigenvalue weighted by Gasteiger charge is 2.24. The van der Waals surface area contributed by atoms with Gasteiger partial charge in [0.2, 0.25) is 0 Å². The SMILES string of the molecule is C.O=C1Nc2cc(Cl)ccc2C1=Cc1cc(F)cc(F)c1. The van der Waals surface area contributed by atoms with Gasteiger partial charge >= 0.3 is 0 Å². The Morgan fingerprint density at radius 1 is 1.05 bits per heavy atom. The predicted molar refractivity (Wildman–Crippen MR) is 81.0 cm³/mol. The molecule has 1 heterocycles. The Labute approximate surface area is 126 Å². The Kier molecular flexibility index (Phi) is 4.09. The van der Waals surface area contributed by atoms with Crippen LogP contribution in [0.4, 0.5) is 14.5 Å². The van der Waals surface area contributed by atoms with Crippen molar-refractivity contribution in [3.63, 3.8) is 0 Å². The average molecular weight is 308 g/mol. The van der Waals surface area contributed by atoms with E-state index in [0.29, 0.717) is 21.8 Å². The molecule has 0 unspecified atom stereocenters. The van der Waals surface area contributed by atoms with Crippen LogP contribution in [0.1, 0.15) is 18.6 Å². The third-order valence-electron chi connectivity index (χ3n) is 2.96. The molecule has 0 spiro atoms. The molecule has 0 atom stereocenters. The van der Waals surface area contributed by atoms with Crippen molar-refractivity contribution in [1.29, 1.82) is 0 Å². The quantitative estimate of drug-likeness (QED) is 0.757. The van der Waals surface area contributed by atoms with Crippen molar-refractivity contribution >= 4 is 34.8 Å². The van der Waals surface area contributed by atoms with Gasteiger partial charge in [-0.3, -0.25) is 4.79 Å². The molecular weight excluding hydrogens is 296 g/mol. The average Bonchev–Trinajstić information content (AvgIpc) is 2.64. The molecule has 0 radical (unpaired) electrons. The minimum Gasteiger partial charge on any atom is -0.321 e. The van der Waals surface area contributed by atoms with E-state index in [1.54, 1.807) is 18.2 Å². The third-order valence-corrected chi connectivity index (χ3v) is 3.20. The highest BCUT2D eigenvalue weighted by atomic mass is 35.5. The Balaban J connectivity index is 0.00000161. The lowest BCUT2D eigenvalue weighted by Crippen LogP contribution is -2.03. The maximum atomic E-state index is 13.2. The summed E-state index contributed by atoms with van der Waals surface area (Å²) < 4.78 is 26.3. The van der Waals surface area contributed by atoms with Crippen LogP contribution in [0, 0.1) is 11.6 Å². The van der Waals surface area contributed by atoms with Gasteiger partial charge in [-0.05, 0) is 35.9 Å². The van der Waals surface area contributed by atoms with Crippen LogP contribution in [0.5, 0.6) is 0 Å². The van der Waals surface area contributed by atoms with Gasteiger partial charge in [0.05, 0.1) is 5.69 Å². The molecule has 1 N–H and O–H groups in total. The molecule has 0 fully saturated rings. The van der Waals surface area contributed by atoms with Crippen LogP contribution in [0.15, 0.2) is 36.4 Å². The van der Waals surface area contributed by atoms with Gasteiger partial charge in [0.15, 0.2) is 0 Å². The molecule has 1 amide bonds. The van der Waals surface area contributed by atoms with Crippen molar-refractivity contribution in [3.05, 3.63) is 64.2 Å². The van der Waals surface area contributed by atoms with E-state index >= 15 is 0 Å². The maximum absolute atomic E-state index is 13.2. The van der Waals surface area contributed by atoms with Crippen LogP contribution in [0.3, 0.4) is 0 Å². The van der Waals surface area contributed by atoms with Crippen LogP contribution in [0.25, 0.3) is 11.6 Å². The van der Waals surface area contributed by atoms with Crippen molar-refractivity contribution in [1.82, 2.24) is 0 Å². The standard InChI is InChI=1S/C15H8ClF2NO.CH4/c16-9-1-2-12-13(15(20)19-14(12)6-9)5-8-3-10(17)7-11(18)4-8;/h1-7H,(H,19,20);1H4. The number of hydrogen-bond donors (Lipinski definition) is 1. The summed E-state index contributed by atoms with van der Waals surface area (Å²) in [5, 5.41) is 3.16. The number of carbonyl (C=O) groups excluding carboxylic acids is 1.